The van der Waals surface area contributed by atoms with Crippen LogP contribution in [0, 0.1) is 0 Å². The van der Waals surface area contributed by atoms with Crippen LogP contribution in [0.2, 0.25) is 0 Å². The molecule has 0 aromatic carbocycles. The molecule has 0 aliphatic heterocycles. The molecule has 0 aromatic rings. The van der Waals surface area contributed by atoms with Gasteiger partial charge in [-0.25, -0.2) is 0 Å². The molecule has 0 bridgehead atoms. The Morgan fingerprint density at radius 3 is 2.87 bits per heavy atom. The van der Waals surface area contributed by atoms with E-state index in [1.165, 1.54) is 6.20 Å². The fraction of sp³-hybridized carbons (Fsp3) is 0.250. The predicted octanol–water partition coefficient (Wildman–Crippen LogP) is 1.99. The summed E-state index contributed by atoms with van der Waals surface area (Å²) in [6.45, 7) is 9.16. The largest absolute Gasteiger partial charge is 0.337 e. The lowest BCUT2D eigenvalue weighted by Gasteiger charge is -2.01. The molecule has 0 aliphatic carbocycles. The van der Waals surface area contributed by atoms with E-state index < -0.39 is 0 Å². The third-order valence-corrected chi connectivity index (χ3v) is 1.52. The number of Topliss-reactive ketones (excluding diaryl/α,β-unsaturated/α-hetero) is 1. The highest BCUT2D eigenvalue weighted by molar-refractivity contribution is 6.38. The van der Waals surface area contributed by atoms with Gasteiger partial charge in [-0.15, -0.1) is 5.73 Å². The van der Waals surface area contributed by atoms with Crippen molar-refractivity contribution >= 4 is 11.6 Å². The Labute approximate surface area is 90.6 Å². The number of rotatable bonds is 6. The molecule has 0 unspecified atom stereocenters. The van der Waals surface area contributed by atoms with Crippen LogP contribution in [-0.2, 0) is 4.79 Å². The molecule has 0 radical (unpaired) electrons. The van der Waals surface area contributed by atoms with E-state index in [-0.39, 0.29) is 5.78 Å². The topological polar surface area (TPSA) is 41.5 Å². The van der Waals surface area contributed by atoms with Crippen molar-refractivity contribution in [2.24, 2.45) is 4.99 Å². The van der Waals surface area contributed by atoms with Crippen LogP contribution in [0.3, 0.4) is 0 Å². The highest BCUT2D eigenvalue weighted by Crippen LogP contribution is 1.86. The van der Waals surface area contributed by atoms with E-state index >= 15 is 0 Å². The lowest BCUT2D eigenvalue weighted by molar-refractivity contribution is -0.112. The van der Waals surface area contributed by atoms with Crippen molar-refractivity contribution in [2.75, 3.05) is 6.54 Å². The molecular weight excluding hydrogens is 188 g/mol. The number of ketones is 1. The minimum absolute atomic E-state index is 0.0338. The van der Waals surface area contributed by atoms with E-state index in [4.69, 9.17) is 0 Å². The number of aliphatic imine (C=N–C) groups is 1. The lowest BCUT2D eigenvalue weighted by atomic mass is 10.3. The smallest absolute Gasteiger partial charge is 0.197 e. The average Bonchev–Trinajstić information content (AvgIpc) is 2.27. The van der Waals surface area contributed by atoms with Gasteiger partial charge in [-0.05, 0) is 0 Å². The Bertz CT molecular complexity index is 321. The van der Waals surface area contributed by atoms with Gasteiger partial charge in [0.1, 0.15) is 0 Å². The van der Waals surface area contributed by atoms with Crippen LogP contribution < -0.4 is 5.32 Å². The molecule has 0 fully saturated rings. The van der Waals surface area contributed by atoms with Crippen molar-refractivity contribution in [1.82, 2.24) is 5.32 Å². The Balaban J connectivity index is 4.46. The summed E-state index contributed by atoms with van der Waals surface area (Å²) in [5.41, 5.74) is 2.53. The molecule has 15 heavy (non-hydrogen) atoms. The first kappa shape index (κ1) is 13.1. The van der Waals surface area contributed by atoms with Crippen LogP contribution in [0.15, 0.2) is 48.3 Å². The maximum absolute atomic E-state index is 11.4. The molecule has 1 N–H and O–H groups in total. The Kier molecular flexibility index (Phi) is 7.64. The third-order valence-electron chi connectivity index (χ3n) is 1.52. The van der Waals surface area contributed by atoms with Gasteiger partial charge in [-0.2, -0.15) is 0 Å². The normalized spacial score (nSPS) is 10.9. The van der Waals surface area contributed by atoms with E-state index in [0.717, 1.165) is 0 Å². The van der Waals surface area contributed by atoms with Gasteiger partial charge >= 0.3 is 0 Å². The number of amidine groups is 1. The maximum Gasteiger partial charge on any atom is 0.197 e. The number of carbonyl (C=O) groups is 1. The first-order chi connectivity index (χ1) is 7.26. The zero-order valence-corrected chi connectivity index (χ0v) is 8.99. The lowest BCUT2D eigenvalue weighted by Crippen LogP contribution is -2.26. The summed E-state index contributed by atoms with van der Waals surface area (Å²) in [6.07, 6.45) is 7.13. The zero-order chi connectivity index (χ0) is 11.5. The molecule has 0 rings (SSSR count). The molecule has 3 nitrogen and oxygen atoms in total. The molecule has 0 spiro atoms. The number of nitrogens with zero attached hydrogens (tertiary/aromatic N) is 1. The number of allylic oxidation sites excluding steroid dienone is 2. The van der Waals surface area contributed by atoms with Crippen molar-refractivity contribution in [3.63, 3.8) is 0 Å². The van der Waals surface area contributed by atoms with E-state index in [1.54, 1.807) is 19.1 Å². The molecule has 80 valence electrons. The van der Waals surface area contributed by atoms with E-state index in [1.807, 2.05) is 6.08 Å². The van der Waals surface area contributed by atoms with Crippen LogP contribution in [-0.4, -0.2) is 18.2 Å². The first-order valence-electron chi connectivity index (χ1n) is 4.72. The van der Waals surface area contributed by atoms with Crippen molar-refractivity contribution in [1.29, 1.82) is 0 Å². The second kappa shape index (κ2) is 8.73. The summed E-state index contributed by atoms with van der Waals surface area (Å²) in [5.74, 6) is 0.302. The summed E-state index contributed by atoms with van der Waals surface area (Å²) in [5, 5.41) is 2.74. The van der Waals surface area contributed by atoms with Crippen molar-refractivity contribution in [2.45, 2.75) is 13.3 Å². The van der Waals surface area contributed by atoms with E-state index in [2.05, 4.69) is 29.2 Å². The van der Waals surface area contributed by atoms with E-state index in [0.29, 0.717) is 18.8 Å². The molecule has 0 aliphatic rings. The Morgan fingerprint density at radius 1 is 1.60 bits per heavy atom. The molecule has 0 heterocycles. The Hall–Kier alpha value is -1.86. The monoisotopic (exact) mass is 204 g/mol. The van der Waals surface area contributed by atoms with Gasteiger partial charge in [0.25, 0.3) is 0 Å². The molecule has 0 amide bonds. The zero-order valence-electron chi connectivity index (χ0n) is 8.99. The van der Waals surface area contributed by atoms with Crippen LogP contribution in [0.5, 0.6) is 0 Å². The van der Waals surface area contributed by atoms with Gasteiger partial charge < -0.3 is 5.32 Å². The van der Waals surface area contributed by atoms with Crippen LogP contribution in [0.4, 0.5) is 0 Å². The van der Waals surface area contributed by atoms with Crippen LogP contribution >= 0.6 is 0 Å². The predicted molar refractivity (Wildman–Crippen MR) is 63.8 cm³/mol. The number of nitrogens with one attached hydrogen (secondary N) is 1. The highest BCUT2D eigenvalue weighted by atomic mass is 16.1. The highest BCUT2D eigenvalue weighted by Gasteiger charge is 2.05. The van der Waals surface area contributed by atoms with Gasteiger partial charge in [0.2, 0.25) is 0 Å². The summed E-state index contributed by atoms with van der Waals surface area (Å²) in [7, 11) is 0. The second-order valence-corrected chi connectivity index (χ2v) is 2.62. The van der Waals surface area contributed by atoms with Gasteiger partial charge in [0.15, 0.2) is 11.6 Å². The molecule has 0 aromatic heterocycles. The number of hydrogen-bond donors (Lipinski definition) is 1. The summed E-state index contributed by atoms with van der Waals surface area (Å²) in [4.78, 5) is 15.5. The minimum atomic E-state index is -0.0338. The van der Waals surface area contributed by atoms with Gasteiger partial charge in [0, 0.05) is 12.6 Å². The molecule has 0 saturated carbocycles. The fourth-order valence-corrected chi connectivity index (χ4v) is 0.802. The SMILES string of the molecule is C=C=CN/C(=N\C/C=C\C=C)C(=O)CC. The number of hydrogen-bond acceptors (Lipinski definition) is 2. The molecule has 0 atom stereocenters. The standard InChI is InChI=1S/C12H16N2O/c1-4-7-8-10-14-12(11(15)6-3)13-9-5-2/h4,7-9H,1-2,6,10H2,3H3,(H,13,14)/b8-7-. The van der Waals surface area contributed by atoms with Gasteiger partial charge in [-0.3, -0.25) is 9.79 Å². The second-order valence-electron chi connectivity index (χ2n) is 2.62. The van der Waals surface area contributed by atoms with Crippen molar-refractivity contribution < 1.29 is 4.79 Å². The van der Waals surface area contributed by atoms with Gasteiger partial charge in [0.05, 0.1) is 6.54 Å². The fourth-order valence-electron chi connectivity index (χ4n) is 0.802. The summed E-state index contributed by atoms with van der Waals surface area (Å²) < 4.78 is 0. The first-order valence-corrected chi connectivity index (χ1v) is 4.72. The average molecular weight is 204 g/mol. The maximum atomic E-state index is 11.4. The van der Waals surface area contributed by atoms with Crippen molar-refractivity contribution in [3.05, 3.63) is 43.3 Å². The van der Waals surface area contributed by atoms with Crippen LogP contribution in [0.1, 0.15) is 13.3 Å². The Morgan fingerprint density at radius 2 is 2.33 bits per heavy atom. The summed E-state index contributed by atoms with van der Waals surface area (Å²) in [6, 6.07) is 0. The molecule has 3 heteroatoms. The summed E-state index contributed by atoms with van der Waals surface area (Å²) >= 11 is 0. The molecule has 0 saturated heterocycles. The minimum Gasteiger partial charge on any atom is -0.337 e. The number of carbonyl (C=O) groups excluding carboxylic acids is 1. The van der Waals surface area contributed by atoms with Gasteiger partial charge in [-0.1, -0.05) is 38.3 Å². The quantitative estimate of drug-likeness (QED) is 0.311. The van der Waals surface area contributed by atoms with Crippen LogP contribution in [0.25, 0.3) is 0 Å². The van der Waals surface area contributed by atoms with Crippen molar-refractivity contribution in [3.8, 4) is 0 Å². The molecular formula is C12H16N2O. The third kappa shape index (κ3) is 6.24. The van der Waals surface area contributed by atoms with E-state index in [9.17, 15) is 4.79 Å².